The molecular weight excluding hydrogens is 451 g/mol. The first kappa shape index (κ1) is 22.2. The van der Waals surface area contributed by atoms with Crippen molar-refractivity contribution in [3.8, 4) is 5.75 Å². The Labute approximate surface area is 193 Å². The molecule has 4 heterocycles. The number of amides is 1. The molecule has 180 valence electrons. The molecule has 2 atom stereocenters. The maximum atomic E-state index is 13.8. The monoisotopic (exact) mass is 475 g/mol. The number of hydrogen-bond acceptors (Lipinski definition) is 6. The van der Waals surface area contributed by atoms with Gasteiger partial charge in [0.1, 0.15) is 17.3 Å². The number of carbonyl (C=O) groups excluding carboxylic acids is 1. The lowest BCUT2D eigenvalue weighted by molar-refractivity contribution is -0.174. The summed E-state index contributed by atoms with van der Waals surface area (Å²) in [4.78, 5) is 16.9. The fraction of sp³-hybridized carbons (Fsp3) is 0.391. The van der Waals surface area contributed by atoms with Crippen molar-refractivity contribution in [3.63, 3.8) is 0 Å². The molecule has 1 amide bonds. The topological polar surface area (TPSA) is 75.8 Å². The Hall–Kier alpha value is -3.63. The van der Waals surface area contributed by atoms with Crippen molar-refractivity contribution in [2.45, 2.75) is 24.7 Å². The Kier molecular flexibility index (Phi) is 5.62. The number of para-hydroxylation sites is 2. The minimum absolute atomic E-state index is 0.0115. The zero-order valence-corrected chi connectivity index (χ0v) is 18.5. The molecule has 0 bridgehead atoms. The van der Waals surface area contributed by atoms with Crippen LogP contribution in [0.1, 0.15) is 34.8 Å². The van der Waals surface area contributed by atoms with E-state index in [1.807, 2.05) is 24.3 Å². The molecule has 0 radical (unpaired) electrons. The number of nitrogens with one attached hydrogen (secondary N) is 1. The van der Waals surface area contributed by atoms with Crippen LogP contribution in [-0.4, -0.2) is 60.1 Å². The number of ether oxygens (including phenoxy) is 1. The first-order valence-electron chi connectivity index (χ1n) is 11.0. The van der Waals surface area contributed by atoms with E-state index in [9.17, 15) is 18.0 Å². The summed E-state index contributed by atoms with van der Waals surface area (Å²) in [5, 5.41) is 7.11. The average molecular weight is 475 g/mol. The van der Waals surface area contributed by atoms with Crippen LogP contribution in [0.3, 0.4) is 0 Å². The van der Waals surface area contributed by atoms with E-state index in [-0.39, 0.29) is 23.8 Å². The van der Waals surface area contributed by atoms with Crippen LogP contribution < -0.4 is 15.0 Å². The summed E-state index contributed by atoms with van der Waals surface area (Å²) >= 11 is 0. The van der Waals surface area contributed by atoms with Crippen LogP contribution in [0, 0.1) is 0 Å². The van der Waals surface area contributed by atoms with Gasteiger partial charge in [0.15, 0.2) is 11.7 Å². The van der Waals surface area contributed by atoms with E-state index in [0.717, 1.165) is 16.1 Å². The highest BCUT2D eigenvalue weighted by Gasteiger charge is 2.47. The molecule has 0 spiro atoms. The Balaban J connectivity index is 1.33. The molecule has 2 aromatic heterocycles. The molecule has 0 unspecified atom stereocenters. The van der Waals surface area contributed by atoms with Gasteiger partial charge in [-0.25, -0.2) is 4.68 Å². The van der Waals surface area contributed by atoms with Crippen LogP contribution in [0.15, 0.2) is 53.1 Å². The minimum atomic E-state index is -4.52. The number of piperazine rings is 1. The van der Waals surface area contributed by atoms with Crippen molar-refractivity contribution in [1.29, 1.82) is 0 Å². The van der Waals surface area contributed by atoms with Gasteiger partial charge in [-0.1, -0.05) is 12.1 Å². The normalized spacial score (nSPS) is 20.6. The quantitative estimate of drug-likeness (QED) is 0.612. The number of alkyl halides is 3. The molecule has 1 fully saturated rings. The van der Waals surface area contributed by atoms with Crippen LogP contribution in [-0.2, 0) is 0 Å². The number of methoxy groups -OCH3 is 1. The lowest BCUT2D eigenvalue weighted by Gasteiger charge is -2.36. The number of carbonyl (C=O) groups is 1. The van der Waals surface area contributed by atoms with Crippen molar-refractivity contribution < 1.29 is 27.1 Å². The molecule has 0 aliphatic carbocycles. The number of halogens is 3. The van der Waals surface area contributed by atoms with Crippen molar-refractivity contribution in [3.05, 3.63) is 60.2 Å². The number of hydrogen-bond donors (Lipinski definition) is 1. The summed E-state index contributed by atoms with van der Waals surface area (Å²) in [5.41, 5.74) is 0.929. The lowest BCUT2D eigenvalue weighted by atomic mass is 10.0. The van der Waals surface area contributed by atoms with E-state index in [2.05, 4.69) is 15.3 Å². The number of rotatable bonds is 4. The highest BCUT2D eigenvalue weighted by Crippen LogP contribution is 2.43. The van der Waals surface area contributed by atoms with Gasteiger partial charge in [0.25, 0.3) is 5.91 Å². The van der Waals surface area contributed by atoms with Crippen LogP contribution in [0.5, 0.6) is 5.75 Å². The Morgan fingerprint density at radius 1 is 1.15 bits per heavy atom. The van der Waals surface area contributed by atoms with Gasteiger partial charge in [-0.3, -0.25) is 4.79 Å². The van der Waals surface area contributed by atoms with Crippen LogP contribution in [0.2, 0.25) is 0 Å². The second-order valence-electron chi connectivity index (χ2n) is 8.32. The maximum absolute atomic E-state index is 13.8. The second-order valence-corrected chi connectivity index (χ2v) is 8.32. The van der Waals surface area contributed by atoms with Crippen molar-refractivity contribution in [1.82, 2.24) is 14.7 Å². The third-order valence-corrected chi connectivity index (χ3v) is 6.29. The standard InChI is InChI=1S/C23H24F3N5O3/c1-33-19-6-3-2-5-17(19)29-8-10-30(11-9-29)22(32)16-14-21-27-15(18-7-4-12-34-18)13-20(23(24,25)26)31(21)28-16/h2-7,12,14-15,20,27H,8-11,13H2,1H3/t15-,20-/m1/s1. The summed E-state index contributed by atoms with van der Waals surface area (Å²) in [6, 6.07) is 9.77. The smallest absolute Gasteiger partial charge is 0.410 e. The first-order valence-corrected chi connectivity index (χ1v) is 11.0. The van der Waals surface area contributed by atoms with Gasteiger partial charge >= 0.3 is 6.18 Å². The summed E-state index contributed by atoms with van der Waals surface area (Å²) < 4.78 is 53.1. The highest BCUT2D eigenvalue weighted by atomic mass is 19.4. The number of aromatic nitrogens is 2. The predicted molar refractivity (Wildman–Crippen MR) is 118 cm³/mol. The number of nitrogens with zero attached hydrogens (tertiary/aromatic N) is 4. The Morgan fingerprint density at radius 2 is 1.91 bits per heavy atom. The van der Waals surface area contributed by atoms with E-state index in [0.29, 0.717) is 31.9 Å². The first-order chi connectivity index (χ1) is 16.3. The summed E-state index contributed by atoms with van der Waals surface area (Å²) in [7, 11) is 1.61. The zero-order chi connectivity index (χ0) is 23.9. The summed E-state index contributed by atoms with van der Waals surface area (Å²) in [6.07, 6.45) is -3.38. The number of fused-ring (bicyclic) bond motifs is 1. The third kappa shape index (κ3) is 4.06. The molecular formula is C23H24F3N5O3. The predicted octanol–water partition coefficient (Wildman–Crippen LogP) is 4.11. The molecule has 1 N–H and O–H groups in total. The van der Waals surface area contributed by atoms with Crippen LogP contribution in [0.4, 0.5) is 24.7 Å². The molecule has 3 aromatic rings. The lowest BCUT2D eigenvalue weighted by Crippen LogP contribution is -2.49. The summed E-state index contributed by atoms with van der Waals surface area (Å²) in [5.74, 6) is 0.909. The second kappa shape index (κ2) is 8.62. The zero-order valence-electron chi connectivity index (χ0n) is 18.5. The number of anilines is 2. The average Bonchev–Trinajstić information content (AvgIpc) is 3.52. The van der Waals surface area contributed by atoms with Gasteiger partial charge in [-0.2, -0.15) is 18.3 Å². The number of benzene rings is 1. The molecule has 1 aromatic carbocycles. The molecule has 2 aliphatic rings. The number of furan rings is 1. The Morgan fingerprint density at radius 3 is 2.59 bits per heavy atom. The third-order valence-electron chi connectivity index (χ3n) is 6.29. The van der Waals surface area contributed by atoms with Gasteiger partial charge in [-0.05, 0) is 24.3 Å². The van der Waals surface area contributed by atoms with Crippen LogP contribution >= 0.6 is 0 Å². The van der Waals surface area contributed by atoms with E-state index in [1.54, 1.807) is 24.1 Å². The van der Waals surface area contributed by atoms with E-state index < -0.39 is 18.3 Å². The van der Waals surface area contributed by atoms with Gasteiger partial charge in [0.2, 0.25) is 0 Å². The van der Waals surface area contributed by atoms with E-state index in [4.69, 9.17) is 9.15 Å². The largest absolute Gasteiger partial charge is 0.495 e. The minimum Gasteiger partial charge on any atom is -0.495 e. The van der Waals surface area contributed by atoms with Crippen LogP contribution in [0.25, 0.3) is 0 Å². The SMILES string of the molecule is COc1ccccc1N1CCN(C(=O)c2cc3n(n2)[C@@H](C(F)(F)F)C[C@H](c2ccco2)N3)CC1. The molecule has 1 saturated heterocycles. The molecule has 5 rings (SSSR count). The fourth-order valence-electron chi connectivity index (χ4n) is 4.56. The Bertz CT molecular complexity index is 1150. The maximum Gasteiger partial charge on any atom is 0.410 e. The molecule has 0 saturated carbocycles. The van der Waals surface area contributed by atoms with Gasteiger partial charge in [-0.15, -0.1) is 0 Å². The van der Waals surface area contributed by atoms with E-state index in [1.165, 1.54) is 12.3 Å². The van der Waals surface area contributed by atoms with Crippen molar-refractivity contribution in [2.75, 3.05) is 43.5 Å². The molecule has 34 heavy (non-hydrogen) atoms. The van der Waals surface area contributed by atoms with Gasteiger partial charge < -0.3 is 24.3 Å². The molecule has 8 nitrogen and oxygen atoms in total. The van der Waals surface area contributed by atoms with Crippen molar-refractivity contribution in [2.24, 2.45) is 0 Å². The van der Waals surface area contributed by atoms with Gasteiger partial charge in [0, 0.05) is 38.7 Å². The fourth-order valence-corrected chi connectivity index (χ4v) is 4.56. The highest BCUT2D eigenvalue weighted by molar-refractivity contribution is 5.93. The molecule has 2 aliphatic heterocycles. The summed E-state index contributed by atoms with van der Waals surface area (Å²) in [6.45, 7) is 1.99. The van der Waals surface area contributed by atoms with Gasteiger partial charge in [0.05, 0.1) is 25.1 Å². The molecule has 11 heteroatoms. The van der Waals surface area contributed by atoms with Crippen molar-refractivity contribution >= 4 is 17.4 Å². The van der Waals surface area contributed by atoms with E-state index >= 15 is 0 Å².